The van der Waals surface area contributed by atoms with Gasteiger partial charge in [-0.15, -0.1) is 0 Å². The maximum absolute atomic E-state index is 9.48. The summed E-state index contributed by atoms with van der Waals surface area (Å²) >= 11 is 1.46. The molecule has 0 spiro atoms. The van der Waals surface area contributed by atoms with E-state index in [1.807, 2.05) is 14.0 Å². The SMILES string of the molecule is CN1CC([B]P)OC(CO[P](C)(=[W])N2CC([B]P)OC(CO)C2)C1. The Bertz CT molecular complexity index is 445. The van der Waals surface area contributed by atoms with Crippen molar-refractivity contribution in [2.24, 2.45) is 0 Å². The standard InChI is InChI=1S/C12H27B2N2O4P3.W/c1-15-3-10(20-11(5-15)13-21)8-18-23(2)16-4-9(7-17)19-12(6-16)14-22;/h9-12,17H,3-8,21-22H2,1-2H3;. The zero-order valence-corrected chi connectivity index (χ0v) is 20.4. The van der Waals surface area contributed by atoms with Crippen LogP contribution in [0.2, 0.25) is 0 Å². The van der Waals surface area contributed by atoms with Crippen molar-refractivity contribution in [3.8, 4) is 0 Å². The van der Waals surface area contributed by atoms with E-state index in [2.05, 4.69) is 41.5 Å². The molecule has 0 aromatic carbocycles. The molecule has 2 heterocycles. The van der Waals surface area contributed by atoms with Gasteiger partial charge in [-0.25, -0.2) is 0 Å². The molecule has 7 atom stereocenters. The molecule has 0 aromatic rings. The van der Waals surface area contributed by atoms with Crippen LogP contribution in [-0.2, 0) is 32.8 Å². The number of likely N-dealkylation sites (N-methyl/N-ethyl adjacent to an activating group) is 1. The molecule has 2 aliphatic rings. The first-order valence-corrected chi connectivity index (χ1v) is 15.3. The molecular formula is C12H27B2N2O4P3W. The van der Waals surface area contributed by atoms with Crippen molar-refractivity contribution in [3.05, 3.63) is 0 Å². The molecular weight excluding hydrogens is 535 g/mol. The predicted molar refractivity (Wildman–Crippen MR) is 103 cm³/mol. The third-order valence-electron chi connectivity index (χ3n) is 4.19. The van der Waals surface area contributed by atoms with E-state index >= 15 is 0 Å². The van der Waals surface area contributed by atoms with Crippen LogP contribution in [-0.4, -0.2) is 106 Å². The summed E-state index contributed by atoms with van der Waals surface area (Å²) < 4.78 is 20.6. The fourth-order valence-corrected chi connectivity index (χ4v) is 6.98. The predicted octanol–water partition coefficient (Wildman–Crippen LogP) is -0.393. The molecule has 0 bridgehead atoms. The van der Waals surface area contributed by atoms with Crippen LogP contribution in [0.4, 0.5) is 0 Å². The average Bonchev–Trinajstić information content (AvgIpc) is 2.59. The van der Waals surface area contributed by atoms with Gasteiger partial charge < -0.3 is 0 Å². The Kier molecular flexibility index (Phi) is 9.62. The topological polar surface area (TPSA) is 54.4 Å². The quantitative estimate of drug-likeness (QED) is 0.338. The summed E-state index contributed by atoms with van der Waals surface area (Å²) in [6.07, 6.45) is -0.0426. The van der Waals surface area contributed by atoms with Crippen LogP contribution < -0.4 is 0 Å². The number of aliphatic hydroxyl groups excluding tert-OH is 1. The van der Waals surface area contributed by atoms with E-state index in [0.717, 1.165) is 26.2 Å². The van der Waals surface area contributed by atoms with Gasteiger partial charge in [-0.1, -0.05) is 0 Å². The second kappa shape index (κ2) is 10.4. The third kappa shape index (κ3) is 6.49. The van der Waals surface area contributed by atoms with Crippen LogP contribution in [0.15, 0.2) is 0 Å². The molecule has 0 saturated carbocycles. The van der Waals surface area contributed by atoms with Crippen LogP contribution in [0.1, 0.15) is 0 Å². The Morgan fingerprint density at radius 3 is 2.42 bits per heavy atom. The summed E-state index contributed by atoms with van der Waals surface area (Å²) in [5, 5.41) is 7.83. The summed E-state index contributed by atoms with van der Waals surface area (Å²) in [6, 6.07) is 0.172. The van der Waals surface area contributed by atoms with Gasteiger partial charge in [0.05, 0.1) is 0 Å². The van der Waals surface area contributed by atoms with Crippen molar-refractivity contribution in [3.63, 3.8) is 0 Å². The van der Waals surface area contributed by atoms with E-state index in [1.54, 1.807) is 0 Å². The molecule has 7 unspecified atom stereocenters. The molecule has 2 radical (unpaired) electrons. The fraction of sp³-hybridized carbons (Fsp3) is 1.00. The zero-order chi connectivity index (χ0) is 17.7. The molecule has 0 amide bonds. The van der Waals surface area contributed by atoms with E-state index in [-0.39, 0.29) is 30.8 Å². The van der Waals surface area contributed by atoms with Crippen LogP contribution in [0.5, 0.6) is 0 Å². The summed E-state index contributed by atoms with van der Waals surface area (Å²) in [5.74, 6) is 0. The Labute approximate surface area is 162 Å². The first kappa shape index (κ1) is 22.2. The van der Waals surface area contributed by atoms with E-state index < -0.39 is 5.27 Å². The van der Waals surface area contributed by atoms with Crippen LogP contribution >= 0.6 is 23.5 Å². The number of morpholine rings is 2. The monoisotopic (exact) mass is 562 g/mol. The van der Waals surface area contributed by atoms with Gasteiger partial charge in [0.25, 0.3) is 0 Å². The van der Waals surface area contributed by atoms with Crippen molar-refractivity contribution in [2.45, 2.75) is 24.2 Å². The minimum absolute atomic E-state index is 0.0244. The average molecular weight is 562 g/mol. The number of nitrogens with zero attached hydrogens (tertiary/aromatic N) is 2. The molecule has 0 aliphatic carbocycles. The molecule has 12 heteroatoms. The van der Waals surface area contributed by atoms with Gasteiger partial charge in [-0.3, -0.25) is 0 Å². The Balaban J connectivity index is 1.91. The van der Waals surface area contributed by atoms with E-state index in [9.17, 15) is 5.11 Å². The van der Waals surface area contributed by atoms with Gasteiger partial charge in [-0.05, 0) is 0 Å². The van der Waals surface area contributed by atoms with Crippen molar-refractivity contribution in [2.75, 3.05) is 53.1 Å². The summed E-state index contributed by atoms with van der Waals surface area (Å²) in [7, 11) is 7.38. The van der Waals surface area contributed by atoms with Gasteiger partial charge in [-0.2, -0.15) is 0 Å². The zero-order valence-electron chi connectivity index (χ0n) is 14.3. The molecule has 136 valence electrons. The first-order chi connectivity index (χ1) is 11.4. The normalized spacial score (nSPS) is 35.4. The van der Waals surface area contributed by atoms with Gasteiger partial charge in [0.15, 0.2) is 0 Å². The maximum atomic E-state index is 9.48. The fourth-order valence-electron chi connectivity index (χ4n) is 2.92. The molecule has 24 heavy (non-hydrogen) atoms. The second-order valence-corrected chi connectivity index (χ2v) is 16.9. The van der Waals surface area contributed by atoms with Gasteiger partial charge in [0.1, 0.15) is 0 Å². The Morgan fingerprint density at radius 2 is 1.79 bits per heavy atom. The van der Waals surface area contributed by atoms with Crippen molar-refractivity contribution in [1.82, 2.24) is 9.57 Å². The molecule has 2 fully saturated rings. The van der Waals surface area contributed by atoms with Crippen molar-refractivity contribution >= 4 is 37.5 Å². The summed E-state index contributed by atoms with van der Waals surface area (Å²) in [5.41, 5.74) is 0. The third-order valence-corrected chi connectivity index (χ3v) is 10.7. The summed E-state index contributed by atoms with van der Waals surface area (Å²) in [4.78, 5) is 2.29. The number of ether oxygens (including phenoxy) is 2. The molecule has 6 nitrogen and oxygen atoms in total. The van der Waals surface area contributed by atoms with E-state index in [0.29, 0.717) is 6.61 Å². The van der Waals surface area contributed by atoms with E-state index in [4.69, 9.17) is 14.0 Å². The van der Waals surface area contributed by atoms with Crippen molar-refractivity contribution in [1.29, 1.82) is 0 Å². The first-order valence-electron chi connectivity index (χ1n) is 8.06. The number of hydrogen-bond acceptors (Lipinski definition) is 6. The molecule has 2 rings (SSSR count). The van der Waals surface area contributed by atoms with Crippen LogP contribution in [0.3, 0.4) is 0 Å². The number of hydrogen-bond donors (Lipinski definition) is 1. The van der Waals surface area contributed by atoms with Gasteiger partial charge in [0, 0.05) is 0 Å². The van der Waals surface area contributed by atoms with Crippen molar-refractivity contribution < 1.29 is 37.9 Å². The molecule has 2 saturated heterocycles. The van der Waals surface area contributed by atoms with Gasteiger partial charge in [0.2, 0.25) is 0 Å². The molecule has 2 aliphatic heterocycles. The number of aliphatic hydroxyl groups is 1. The number of rotatable bonds is 7. The van der Waals surface area contributed by atoms with Gasteiger partial charge >= 0.3 is 162 Å². The van der Waals surface area contributed by atoms with Crippen LogP contribution in [0, 0.1) is 0 Å². The van der Waals surface area contributed by atoms with Crippen LogP contribution in [0.25, 0.3) is 0 Å². The Morgan fingerprint density at radius 1 is 1.17 bits per heavy atom. The summed E-state index contributed by atoms with van der Waals surface area (Å²) in [6.45, 7) is 10.3. The molecule has 1 N–H and O–H groups in total. The Hall–Kier alpha value is 1.87. The van der Waals surface area contributed by atoms with E-state index in [1.165, 1.54) is 18.8 Å². The minimum atomic E-state index is -1.65. The second-order valence-electron chi connectivity index (χ2n) is 6.35. The molecule has 0 aromatic heterocycles.